The standard InChI is InChI=1S/C8H17N3O.Zn/c1-2-3-8(12)10-11-6-4-9-5-7-11;/h9H,2-7H2,1H3,(H,10,12);. The molecule has 0 radical (unpaired) electrons. The molecule has 72 valence electrons. The Kier molecular flexibility index (Phi) is 7.43. The van der Waals surface area contributed by atoms with Gasteiger partial charge in [0.25, 0.3) is 0 Å². The number of piperazine rings is 1. The van der Waals surface area contributed by atoms with E-state index in [0.717, 1.165) is 32.6 Å². The second-order valence-electron chi connectivity index (χ2n) is 3.02. The molecule has 13 heavy (non-hydrogen) atoms. The SMILES string of the molecule is CCCC(=O)NN1CCNCC1.[Zn]. The molecule has 1 heterocycles. The molecule has 4 nitrogen and oxygen atoms in total. The molecule has 2 N–H and O–H groups in total. The molecule has 1 rings (SSSR count). The molecule has 0 aromatic rings. The van der Waals surface area contributed by atoms with Gasteiger partial charge in [0, 0.05) is 52.1 Å². The first-order chi connectivity index (χ1) is 5.83. The summed E-state index contributed by atoms with van der Waals surface area (Å²) in [6.07, 6.45) is 1.54. The van der Waals surface area contributed by atoms with Crippen molar-refractivity contribution in [1.82, 2.24) is 15.8 Å². The molecule has 0 aromatic carbocycles. The Bertz CT molecular complexity index is 148. The zero-order valence-electron chi connectivity index (χ0n) is 8.31. The van der Waals surface area contributed by atoms with Gasteiger partial charge in [-0.3, -0.25) is 10.2 Å². The third-order valence-corrected chi connectivity index (χ3v) is 1.88. The number of hydrogen-bond acceptors (Lipinski definition) is 3. The number of hydrazine groups is 1. The number of carbonyl (C=O) groups is 1. The Hall–Kier alpha value is 0.0134. The molecular weight excluding hydrogens is 219 g/mol. The van der Waals surface area contributed by atoms with E-state index in [0.29, 0.717) is 6.42 Å². The Morgan fingerprint density at radius 1 is 1.46 bits per heavy atom. The Balaban J connectivity index is 0.00000144. The second kappa shape index (κ2) is 7.42. The van der Waals surface area contributed by atoms with Crippen LogP contribution in [0.4, 0.5) is 0 Å². The number of hydrogen-bond donors (Lipinski definition) is 2. The Labute approximate surface area is 92.2 Å². The first kappa shape index (κ1) is 13.0. The zero-order valence-corrected chi connectivity index (χ0v) is 11.3. The first-order valence-electron chi connectivity index (χ1n) is 4.58. The molecule has 0 saturated carbocycles. The van der Waals surface area contributed by atoms with Crippen molar-refractivity contribution >= 4 is 5.91 Å². The van der Waals surface area contributed by atoms with Crippen molar-refractivity contribution in [2.75, 3.05) is 26.2 Å². The normalized spacial score (nSPS) is 17.6. The topological polar surface area (TPSA) is 44.4 Å². The molecule has 0 atom stereocenters. The van der Waals surface area contributed by atoms with Crippen molar-refractivity contribution in [1.29, 1.82) is 0 Å². The number of rotatable bonds is 3. The molecule has 0 aliphatic carbocycles. The summed E-state index contributed by atoms with van der Waals surface area (Å²) in [6.45, 7) is 5.76. The third-order valence-electron chi connectivity index (χ3n) is 1.88. The quantitative estimate of drug-likeness (QED) is 0.663. The Morgan fingerprint density at radius 3 is 2.62 bits per heavy atom. The van der Waals surface area contributed by atoms with Crippen molar-refractivity contribution in [2.24, 2.45) is 0 Å². The number of nitrogens with one attached hydrogen (secondary N) is 2. The van der Waals surface area contributed by atoms with Crippen LogP contribution in [0.5, 0.6) is 0 Å². The Morgan fingerprint density at radius 2 is 2.08 bits per heavy atom. The van der Waals surface area contributed by atoms with Crippen LogP contribution in [-0.2, 0) is 24.3 Å². The van der Waals surface area contributed by atoms with E-state index >= 15 is 0 Å². The second-order valence-corrected chi connectivity index (χ2v) is 3.02. The van der Waals surface area contributed by atoms with Crippen LogP contribution in [0.15, 0.2) is 0 Å². The van der Waals surface area contributed by atoms with Crippen LogP contribution >= 0.6 is 0 Å². The van der Waals surface area contributed by atoms with Crippen LogP contribution in [-0.4, -0.2) is 37.1 Å². The van der Waals surface area contributed by atoms with E-state index in [-0.39, 0.29) is 25.4 Å². The van der Waals surface area contributed by atoms with E-state index in [1.54, 1.807) is 0 Å². The summed E-state index contributed by atoms with van der Waals surface area (Å²) in [5.41, 5.74) is 2.87. The predicted octanol–water partition coefficient (Wildman–Crippen LogP) is -0.280. The van der Waals surface area contributed by atoms with Crippen LogP contribution in [0, 0.1) is 0 Å². The number of carbonyl (C=O) groups excluding carboxylic acids is 1. The summed E-state index contributed by atoms with van der Waals surface area (Å²) in [5, 5.41) is 5.21. The summed E-state index contributed by atoms with van der Waals surface area (Å²) in [7, 11) is 0. The van der Waals surface area contributed by atoms with Gasteiger partial charge in [0.2, 0.25) is 5.91 Å². The fourth-order valence-corrected chi connectivity index (χ4v) is 1.24. The average Bonchev–Trinajstić information content (AvgIpc) is 2.06. The minimum Gasteiger partial charge on any atom is -0.314 e. The molecule has 5 heteroatoms. The summed E-state index contributed by atoms with van der Waals surface area (Å²) >= 11 is 0. The van der Waals surface area contributed by atoms with E-state index in [1.165, 1.54) is 0 Å². The van der Waals surface area contributed by atoms with E-state index in [2.05, 4.69) is 10.7 Å². The molecule has 0 unspecified atom stereocenters. The maximum absolute atomic E-state index is 11.1. The molecule has 0 aromatic heterocycles. The van der Waals surface area contributed by atoms with Crippen LogP contribution in [0.25, 0.3) is 0 Å². The summed E-state index contributed by atoms with van der Waals surface area (Å²) in [6, 6.07) is 0. The van der Waals surface area contributed by atoms with Gasteiger partial charge in [-0.1, -0.05) is 6.92 Å². The molecule has 1 fully saturated rings. The molecule has 0 spiro atoms. The molecule has 1 saturated heterocycles. The summed E-state index contributed by atoms with van der Waals surface area (Å²) in [5.74, 6) is 0.138. The van der Waals surface area contributed by atoms with Crippen molar-refractivity contribution in [3.8, 4) is 0 Å². The van der Waals surface area contributed by atoms with E-state index in [9.17, 15) is 4.79 Å². The van der Waals surface area contributed by atoms with Gasteiger partial charge in [-0.25, -0.2) is 5.01 Å². The van der Waals surface area contributed by atoms with Gasteiger partial charge >= 0.3 is 0 Å². The van der Waals surface area contributed by atoms with Gasteiger partial charge in [0.1, 0.15) is 0 Å². The van der Waals surface area contributed by atoms with Gasteiger partial charge in [-0.05, 0) is 6.42 Å². The molecule has 1 amide bonds. The average molecular weight is 237 g/mol. The van der Waals surface area contributed by atoms with Gasteiger partial charge in [-0.15, -0.1) is 0 Å². The van der Waals surface area contributed by atoms with Crippen LogP contribution < -0.4 is 10.7 Å². The monoisotopic (exact) mass is 235 g/mol. The van der Waals surface area contributed by atoms with Crippen LogP contribution in [0.2, 0.25) is 0 Å². The summed E-state index contributed by atoms with van der Waals surface area (Å²) in [4.78, 5) is 11.1. The van der Waals surface area contributed by atoms with Crippen LogP contribution in [0.3, 0.4) is 0 Å². The van der Waals surface area contributed by atoms with Crippen LogP contribution in [0.1, 0.15) is 19.8 Å². The number of amides is 1. The number of nitrogens with zero attached hydrogens (tertiary/aromatic N) is 1. The smallest absolute Gasteiger partial charge is 0.234 e. The largest absolute Gasteiger partial charge is 0.314 e. The fourth-order valence-electron chi connectivity index (χ4n) is 1.24. The molecule has 1 aliphatic heterocycles. The fraction of sp³-hybridized carbons (Fsp3) is 0.875. The van der Waals surface area contributed by atoms with Gasteiger partial charge in [0.15, 0.2) is 0 Å². The van der Waals surface area contributed by atoms with Crippen molar-refractivity contribution in [2.45, 2.75) is 19.8 Å². The van der Waals surface area contributed by atoms with Crippen molar-refractivity contribution in [3.05, 3.63) is 0 Å². The van der Waals surface area contributed by atoms with E-state index in [4.69, 9.17) is 0 Å². The molecule has 0 bridgehead atoms. The zero-order chi connectivity index (χ0) is 8.81. The van der Waals surface area contributed by atoms with E-state index < -0.39 is 0 Å². The van der Waals surface area contributed by atoms with Crippen molar-refractivity contribution in [3.63, 3.8) is 0 Å². The molecular formula is C8H17N3OZn. The summed E-state index contributed by atoms with van der Waals surface area (Å²) < 4.78 is 0. The maximum atomic E-state index is 11.1. The van der Waals surface area contributed by atoms with E-state index in [1.807, 2.05) is 11.9 Å². The minimum absolute atomic E-state index is 0. The van der Waals surface area contributed by atoms with Gasteiger partial charge in [0.05, 0.1) is 0 Å². The molecule has 1 aliphatic rings. The van der Waals surface area contributed by atoms with Gasteiger partial charge < -0.3 is 5.32 Å². The maximum Gasteiger partial charge on any atom is 0.234 e. The van der Waals surface area contributed by atoms with Gasteiger partial charge in [-0.2, -0.15) is 0 Å². The third kappa shape index (κ3) is 5.34. The van der Waals surface area contributed by atoms with Crippen molar-refractivity contribution < 1.29 is 24.3 Å². The minimum atomic E-state index is 0. The first-order valence-corrected chi connectivity index (χ1v) is 4.58. The predicted molar refractivity (Wildman–Crippen MR) is 47.5 cm³/mol.